The highest BCUT2D eigenvalue weighted by atomic mass is 35.5. The number of likely N-dealkylation sites (tertiary alicyclic amines) is 2. The number of nitrogens with zero attached hydrogens (tertiary/aromatic N) is 7. The van der Waals surface area contributed by atoms with Gasteiger partial charge < -0.3 is 19.6 Å². The fraction of sp³-hybridized carbons (Fsp3) is 0.478. The molecule has 0 aliphatic carbocycles. The summed E-state index contributed by atoms with van der Waals surface area (Å²) in [5.74, 6) is -0.892. The molecule has 0 radical (unpaired) electrons. The monoisotopic (exact) mass is 828 g/mol. The first-order chi connectivity index (χ1) is 29.1. The number of nitriles is 1. The van der Waals surface area contributed by atoms with E-state index in [9.17, 15) is 29.2 Å². The number of anilines is 3. The van der Waals surface area contributed by atoms with Crippen LogP contribution in [0.15, 0.2) is 60.7 Å². The summed E-state index contributed by atoms with van der Waals surface area (Å²) in [5, 5.41) is 12.0. The SMILES string of the molecule is N#Cc1ccc(N2CCC3(CCN(c4ccc(C(=O)N5C[C@@H]6CN(C7CCN(c8ccc9c(c8)C(=O)N(C8CCC(=O)NC8=O)C9=O)CC7)C[C@@H]6C5)cc4)CC3)C2)cc1Cl. The molecular weight excluding hydrogens is 780 g/mol. The van der Waals surface area contributed by atoms with Crippen molar-refractivity contribution in [3.05, 3.63) is 87.9 Å². The van der Waals surface area contributed by atoms with Gasteiger partial charge in [0.25, 0.3) is 17.7 Å². The van der Waals surface area contributed by atoms with Gasteiger partial charge in [0.2, 0.25) is 11.8 Å². The minimum absolute atomic E-state index is 0.0937. The molecule has 3 aromatic carbocycles. The molecule has 6 saturated heterocycles. The van der Waals surface area contributed by atoms with Gasteiger partial charge in [-0.3, -0.25) is 39.1 Å². The van der Waals surface area contributed by atoms with Gasteiger partial charge in [-0.2, -0.15) is 5.26 Å². The van der Waals surface area contributed by atoms with Crippen LogP contribution in [0.2, 0.25) is 5.02 Å². The molecule has 0 bridgehead atoms. The van der Waals surface area contributed by atoms with E-state index in [2.05, 4.69) is 48.0 Å². The van der Waals surface area contributed by atoms with Crippen LogP contribution in [0, 0.1) is 28.6 Å². The average molecular weight is 829 g/mol. The van der Waals surface area contributed by atoms with Crippen molar-refractivity contribution < 1.29 is 24.0 Å². The van der Waals surface area contributed by atoms with Crippen molar-refractivity contribution >= 4 is 58.2 Å². The van der Waals surface area contributed by atoms with Gasteiger partial charge in [0.15, 0.2) is 0 Å². The zero-order valence-electron chi connectivity index (χ0n) is 33.7. The predicted molar refractivity (Wildman–Crippen MR) is 226 cm³/mol. The number of piperidine rings is 3. The number of hydrogen-bond acceptors (Lipinski definition) is 10. The minimum Gasteiger partial charge on any atom is -0.371 e. The van der Waals surface area contributed by atoms with Gasteiger partial charge in [0.1, 0.15) is 12.1 Å². The van der Waals surface area contributed by atoms with E-state index < -0.39 is 23.8 Å². The third-order valence-electron chi connectivity index (χ3n) is 14.8. The first-order valence-corrected chi connectivity index (χ1v) is 21.9. The summed E-state index contributed by atoms with van der Waals surface area (Å²) in [5.41, 5.74) is 5.33. The van der Waals surface area contributed by atoms with Crippen LogP contribution in [0.3, 0.4) is 0 Å². The third-order valence-corrected chi connectivity index (χ3v) is 15.1. The highest BCUT2D eigenvalue weighted by Gasteiger charge is 2.46. The topological polar surface area (TPSA) is 141 Å². The van der Waals surface area contributed by atoms with Crippen molar-refractivity contribution in [1.82, 2.24) is 20.0 Å². The normalized spacial score (nSPS) is 25.6. The number of hydrogen-bond donors (Lipinski definition) is 1. The van der Waals surface area contributed by atoms with Gasteiger partial charge in [-0.1, -0.05) is 11.6 Å². The van der Waals surface area contributed by atoms with Gasteiger partial charge in [-0.25, -0.2) is 0 Å². The molecule has 310 valence electrons. The largest absolute Gasteiger partial charge is 0.371 e. The summed E-state index contributed by atoms with van der Waals surface area (Å²) in [6.45, 7) is 9.24. The average Bonchev–Trinajstić information content (AvgIpc) is 4.03. The van der Waals surface area contributed by atoms with Crippen molar-refractivity contribution in [3.63, 3.8) is 0 Å². The maximum atomic E-state index is 13.7. The summed E-state index contributed by atoms with van der Waals surface area (Å²) in [6.07, 6.45) is 5.61. The molecule has 1 N–H and O–H groups in total. The number of carbonyl (C=O) groups is 5. The van der Waals surface area contributed by atoms with Crippen LogP contribution in [0.25, 0.3) is 0 Å². The van der Waals surface area contributed by atoms with Crippen LogP contribution in [-0.4, -0.2) is 122 Å². The highest BCUT2D eigenvalue weighted by Crippen LogP contribution is 2.43. The second-order valence-electron chi connectivity index (χ2n) is 18.1. The van der Waals surface area contributed by atoms with Crippen molar-refractivity contribution in [1.29, 1.82) is 5.26 Å². The maximum Gasteiger partial charge on any atom is 0.262 e. The summed E-state index contributed by atoms with van der Waals surface area (Å²) >= 11 is 6.34. The molecule has 10 rings (SSSR count). The van der Waals surface area contributed by atoms with Gasteiger partial charge >= 0.3 is 0 Å². The molecule has 6 fully saturated rings. The van der Waals surface area contributed by atoms with Crippen LogP contribution in [0.5, 0.6) is 0 Å². The summed E-state index contributed by atoms with van der Waals surface area (Å²) in [7, 11) is 0. The highest BCUT2D eigenvalue weighted by molar-refractivity contribution is 6.32. The Morgan fingerprint density at radius 1 is 0.717 bits per heavy atom. The quantitative estimate of drug-likeness (QED) is 0.346. The molecule has 5 amide bonds. The Morgan fingerprint density at radius 2 is 1.33 bits per heavy atom. The second-order valence-corrected chi connectivity index (χ2v) is 18.5. The van der Waals surface area contributed by atoms with Crippen LogP contribution in [0.1, 0.15) is 81.6 Å². The molecule has 14 heteroatoms. The number of nitrogens with one attached hydrogen (secondary N) is 1. The van der Waals surface area contributed by atoms with Crippen LogP contribution in [-0.2, 0) is 9.59 Å². The smallest absolute Gasteiger partial charge is 0.262 e. The van der Waals surface area contributed by atoms with Crippen molar-refractivity contribution in [2.24, 2.45) is 17.3 Å². The zero-order valence-corrected chi connectivity index (χ0v) is 34.4. The lowest BCUT2D eigenvalue weighted by atomic mass is 9.77. The Kier molecular flexibility index (Phi) is 9.83. The molecule has 3 aromatic rings. The molecule has 7 aliphatic heterocycles. The van der Waals surface area contributed by atoms with Crippen LogP contribution >= 0.6 is 11.6 Å². The van der Waals surface area contributed by atoms with Crippen molar-refractivity contribution in [3.8, 4) is 6.07 Å². The molecule has 0 aromatic heterocycles. The second kappa shape index (κ2) is 15.2. The van der Waals surface area contributed by atoms with E-state index in [-0.39, 0.29) is 30.1 Å². The van der Waals surface area contributed by atoms with Crippen molar-refractivity contribution in [2.45, 2.75) is 57.0 Å². The van der Waals surface area contributed by atoms with E-state index in [1.807, 2.05) is 36.4 Å². The van der Waals surface area contributed by atoms with E-state index in [0.29, 0.717) is 39.6 Å². The maximum absolute atomic E-state index is 13.7. The lowest BCUT2D eigenvalue weighted by Crippen LogP contribution is -2.54. The number of carbonyl (C=O) groups excluding carboxylic acids is 5. The van der Waals surface area contributed by atoms with Gasteiger partial charge in [0, 0.05) is 101 Å². The van der Waals surface area contributed by atoms with Gasteiger partial charge in [-0.05, 0) is 116 Å². The number of halogens is 1. The van der Waals surface area contributed by atoms with E-state index in [0.717, 1.165) is 119 Å². The molecule has 1 spiro atoms. The van der Waals surface area contributed by atoms with Gasteiger partial charge in [-0.15, -0.1) is 0 Å². The molecule has 1 unspecified atom stereocenters. The van der Waals surface area contributed by atoms with Crippen LogP contribution < -0.4 is 20.0 Å². The Labute approximate surface area is 354 Å². The molecule has 7 heterocycles. The summed E-state index contributed by atoms with van der Waals surface area (Å²) in [4.78, 5) is 77.2. The summed E-state index contributed by atoms with van der Waals surface area (Å²) in [6, 6.07) is 21.0. The molecule has 3 atom stereocenters. The fourth-order valence-corrected chi connectivity index (χ4v) is 11.4. The third kappa shape index (κ3) is 6.87. The molecule has 7 aliphatic rings. The zero-order chi connectivity index (χ0) is 41.3. The Balaban J connectivity index is 0.684. The van der Waals surface area contributed by atoms with Gasteiger partial charge in [0.05, 0.1) is 21.7 Å². The van der Waals surface area contributed by atoms with E-state index in [1.165, 1.54) is 5.69 Å². The Morgan fingerprint density at radius 3 is 2.00 bits per heavy atom. The standard InChI is InChI=1S/C46H49ClN8O5/c47-39-22-36(6-3-30(39)23-48)52-20-15-46(28-52)13-18-51(19-14-46)33-4-1-29(2-5-33)43(58)54-26-31-24-53(25-32(31)27-54)34-11-16-50(17-12-34)35-7-8-37-38(21-35)45(60)55(44(37)59)40-9-10-41(56)49-42(40)57/h1-8,21-22,31-32,34,40H,9-20,24-28H2,(H,49,56,57)/t31-,32+,40?. The molecule has 60 heavy (non-hydrogen) atoms. The lowest BCUT2D eigenvalue weighted by Gasteiger charge is -2.40. The Hall–Kier alpha value is -5.45. The Bertz CT molecular complexity index is 2300. The molecule has 0 saturated carbocycles. The molecule has 13 nitrogen and oxygen atoms in total. The van der Waals surface area contributed by atoms with E-state index >= 15 is 0 Å². The first-order valence-electron chi connectivity index (χ1n) is 21.5. The molecular formula is C46H49ClN8O5. The number of fused-ring (bicyclic) bond motifs is 2. The predicted octanol–water partition coefficient (Wildman–Crippen LogP) is 4.78. The van der Waals surface area contributed by atoms with Crippen LogP contribution in [0.4, 0.5) is 17.1 Å². The number of imide groups is 2. The number of amides is 5. The van der Waals surface area contributed by atoms with Crippen molar-refractivity contribution in [2.75, 3.05) is 80.1 Å². The number of benzene rings is 3. The first kappa shape index (κ1) is 38.7. The van der Waals surface area contributed by atoms with E-state index in [4.69, 9.17) is 11.6 Å². The minimum atomic E-state index is -0.972. The lowest BCUT2D eigenvalue weighted by molar-refractivity contribution is -0.136. The number of rotatable bonds is 6. The summed E-state index contributed by atoms with van der Waals surface area (Å²) < 4.78 is 0. The van der Waals surface area contributed by atoms with E-state index in [1.54, 1.807) is 12.1 Å². The fourth-order valence-electron chi connectivity index (χ4n) is 11.2.